The summed E-state index contributed by atoms with van der Waals surface area (Å²) in [6.07, 6.45) is 6.20. The molecule has 1 aliphatic carbocycles. The number of hydrogen-bond acceptors (Lipinski definition) is 4. The van der Waals surface area contributed by atoms with E-state index in [2.05, 4.69) is 22.0 Å². The average molecular weight is 343 g/mol. The predicted octanol–water partition coefficient (Wildman–Crippen LogP) is 0.309. The number of hydrogen-bond donors (Lipinski definition) is 3. The lowest BCUT2D eigenvalue weighted by Gasteiger charge is -2.20. The third kappa shape index (κ3) is 3.67. The van der Waals surface area contributed by atoms with Gasteiger partial charge in [0, 0.05) is 13.1 Å². The number of nitrogens with zero attached hydrogens (tertiary/aromatic N) is 1. The summed E-state index contributed by atoms with van der Waals surface area (Å²) in [7, 11) is 0. The van der Waals surface area contributed by atoms with Crippen LogP contribution in [0.5, 0.6) is 0 Å². The van der Waals surface area contributed by atoms with Crippen LogP contribution in [0.25, 0.3) is 0 Å². The molecule has 3 aliphatic rings. The van der Waals surface area contributed by atoms with Crippen molar-refractivity contribution in [3.63, 3.8) is 0 Å². The molecule has 0 atom stereocenters. The van der Waals surface area contributed by atoms with Gasteiger partial charge in [0.25, 0.3) is 5.91 Å². The molecule has 8 heteroatoms. The van der Waals surface area contributed by atoms with Crippen molar-refractivity contribution in [1.82, 2.24) is 20.9 Å². The van der Waals surface area contributed by atoms with Crippen LogP contribution in [0.15, 0.2) is 11.6 Å². The smallest absolute Gasteiger partial charge is 0.325 e. The number of nitrogens with one attached hydrogen (secondary N) is 3. The molecule has 2 aliphatic heterocycles. The molecule has 1 saturated carbocycles. The molecule has 7 nitrogen and oxygen atoms in total. The van der Waals surface area contributed by atoms with E-state index in [9.17, 15) is 14.4 Å². The van der Waals surface area contributed by atoms with Gasteiger partial charge >= 0.3 is 6.03 Å². The Hall–Kier alpha value is -1.60. The molecule has 23 heavy (non-hydrogen) atoms. The van der Waals surface area contributed by atoms with Crippen LogP contribution in [0.4, 0.5) is 4.79 Å². The lowest BCUT2D eigenvalue weighted by Crippen LogP contribution is -2.45. The second-order valence-corrected chi connectivity index (χ2v) is 6.20. The third-order valence-corrected chi connectivity index (χ3v) is 4.68. The van der Waals surface area contributed by atoms with Gasteiger partial charge in [-0.25, -0.2) is 4.79 Å². The molecule has 3 N–H and O–H groups in total. The molecule has 0 bridgehead atoms. The first-order valence-electron chi connectivity index (χ1n) is 7.90. The number of carbonyl (C=O) groups excluding carboxylic acids is 3. The zero-order valence-electron chi connectivity index (χ0n) is 13.0. The number of rotatable bonds is 4. The molecular formula is C15H23ClN4O3. The van der Waals surface area contributed by atoms with Gasteiger partial charge in [0.05, 0.1) is 0 Å². The van der Waals surface area contributed by atoms with Crippen LogP contribution in [0.2, 0.25) is 0 Å². The Balaban J connectivity index is 0.00000192. The van der Waals surface area contributed by atoms with E-state index in [1.807, 2.05) is 0 Å². The topological polar surface area (TPSA) is 90.5 Å². The largest absolute Gasteiger partial charge is 0.351 e. The van der Waals surface area contributed by atoms with Crippen molar-refractivity contribution < 1.29 is 14.4 Å². The Morgan fingerprint density at radius 2 is 2.04 bits per heavy atom. The van der Waals surface area contributed by atoms with Crippen LogP contribution in [0, 0.1) is 0 Å². The fourth-order valence-electron chi connectivity index (χ4n) is 3.38. The van der Waals surface area contributed by atoms with Gasteiger partial charge in [0.2, 0.25) is 5.91 Å². The van der Waals surface area contributed by atoms with E-state index in [0.717, 1.165) is 37.3 Å². The Morgan fingerprint density at radius 1 is 1.30 bits per heavy atom. The highest BCUT2D eigenvalue weighted by Gasteiger charge is 2.52. The van der Waals surface area contributed by atoms with Crippen molar-refractivity contribution in [2.45, 2.75) is 37.6 Å². The highest BCUT2D eigenvalue weighted by molar-refractivity contribution is 6.09. The summed E-state index contributed by atoms with van der Waals surface area (Å²) in [6, 6.07) is -0.442. The third-order valence-electron chi connectivity index (χ3n) is 4.68. The van der Waals surface area contributed by atoms with Gasteiger partial charge in [-0.2, -0.15) is 0 Å². The summed E-state index contributed by atoms with van der Waals surface area (Å²) in [5.41, 5.74) is 0.436. The molecule has 0 aromatic heterocycles. The summed E-state index contributed by atoms with van der Waals surface area (Å²) in [4.78, 5) is 37.5. The van der Waals surface area contributed by atoms with E-state index in [-0.39, 0.29) is 30.8 Å². The van der Waals surface area contributed by atoms with E-state index in [0.29, 0.717) is 19.4 Å². The van der Waals surface area contributed by atoms with Crippen LogP contribution >= 0.6 is 12.4 Å². The first-order valence-corrected chi connectivity index (χ1v) is 7.90. The molecule has 0 aromatic rings. The van der Waals surface area contributed by atoms with E-state index >= 15 is 0 Å². The van der Waals surface area contributed by atoms with E-state index in [1.165, 1.54) is 5.57 Å². The van der Waals surface area contributed by atoms with Crippen LogP contribution in [-0.2, 0) is 9.59 Å². The molecule has 2 heterocycles. The van der Waals surface area contributed by atoms with Crippen molar-refractivity contribution in [3.8, 4) is 0 Å². The lowest BCUT2D eigenvalue weighted by atomic mass is 9.98. The zero-order chi connectivity index (χ0) is 15.6. The van der Waals surface area contributed by atoms with Crippen LogP contribution in [0.3, 0.4) is 0 Å². The number of urea groups is 1. The first-order chi connectivity index (χ1) is 10.6. The summed E-state index contributed by atoms with van der Waals surface area (Å²) in [6.45, 7) is 2.02. The highest BCUT2D eigenvalue weighted by Crippen LogP contribution is 2.34. The molecule has 1 spiro atoms. The van der Waals surface area contributed by atoms with Gasteiger partial charge in [-0.15, -0.1) is 12.4 Å². The highest BCUT2D eigenvalue weighted by atomic mass is 35.5. The quantitative estimate of drug-likeness (QED) is 0.506. The molecule has 0 aromatic carbocycles. The molecule has 1 saturated heterocycles. The maximum absolute atomic E-state index is 12.4. The van der Waals surface area contributed by atoms with Crippen molar-refractivity contribution in [1.29, 1.82) is 0 Å². The average Bonchev–Trinajstić information content (AvgIpc) is 3.08. The fraction of sp³-hybridized carbons (Fsp3) is 0.667. The maximum atomic E-state index is 12.4. The van der Waals surface area contributed by atoms with Gasteiger partial charge < -0.3 is 16.0 Å². The van der Waals surface area contributed by atoms with Crippen molar-refractivity contribution in [3.05, 3.63) is 11.6 Å². The zero-order valence-corrected chi connectivity index (χ0v) is 13.8. The van der Waals surface area contributed by atoms with Crippen LogP contribution in [0.1, 0.15) is 32.1 Å². The van der Waals surface area contributed by atoms with E-state index < -0.39 is 11.6 Å². The molecule has 0 unspecified atom stereocenters. The number of carbonyl (C=O) groups is 3. The maximum Gasteiger partial charge on any atom is 0.325 e. The number of amides is 4. The van der Waals surface area contributed by atoms with Gasteiger partial charge in [-0.1, -0.05) is 24.5 Å². The lowest BCUT2D eigenvalue weighted by molar-refractivity contribution is -0.134. The van der Waals surface area contributed by atoms with Crippen molar-refractivity contribution >= 4 is 30.3 Å². The van der Waals surface area contributed by atoms with Crippen LogP contribution < -0.4 is 16.0 Å². The molecule has 128 valence electrons. The second kappa shape index (κ2) is 7.31. The summed E-state index contributed by atoms with van der Waals surface area (Å²) < 4.78 is 0. The molecular weight excluding hydrogens is 320 g/mol. The molecule has 4 amide bonds. The molecule has 0 radical (unpaired) electrons. The van der Waals surface area contributed by atoms with Gasteiger partial charge in [0.15, 0.2) is 0 Å². The van der Waals surface area contributed by atoms with Crippen LogP contribution in [-0.4, -0.2) is 54.5 Å². The van der Waals surface area contributed by atoms with Gasteiger partial charge in [0.1, 0.15) is 12.1 Å². The first kappa shape index (κ1) is 17.7. The predicted molar refractivity (Wildman–Crippen MR) is 87.3 cm³/mol. The normalized spacial score (nSPS) is 22.6. The monoisotopic (exact) mass is 342 g/mol. The minimum Gasteiger partial charge on any atom is -0.351 e. The number of halogens is 1. The van der Waals surface area contributed by atoms with Gasteiger partial charge in [-0.3, -0.25) is 14.5 Å². The van der Waals surface area contributed by atoms with Gasteiger partial charge in [-0.05, 0) is 25.8 Å². The van der Waals surface area contributed by atoms with E-state index in [4.69, 9.17) is 0 Å². The summed E-state index contributed by atoms with van der Waals surface area (Å²) in [5.74, 6) is -0.538. The fourth-order valence-corrected chi connectivity index (χ4v) is 3.38. The standard InChI is InChI=1S/C15H22N4O3.ClH/c20-12(17-9-11-3-7-16-8-4-11)10-19-13(21)15(18-14(19)22)5-1-2-6-15;/h3,16H,1-2,4-10H2,(H,17,20)(H,18,22);1H. The molecule has 3 rings (SSSR count). The Labute approximate surface area is 141 Å². The number of imide groups is 1. The Morgan fingerprint density at radius 3 is 2.70 bits per heavy atom. The minimum atomic E-state index is -0.741. The SMILES string of the molecule is Cl.O=C(CN1C(=O)NC2(CCCC2)C1=O)NCC1=CCNCC1. The summed E-state index contributed by atoms with van der Waals surface area (Å²) in [5, 5.41) is 8.77. The van der Waals surface area contributed by atoms with E-state index in [1.54, 1.807) is 0 Å². The molecule has 2 fully saturated rings. The van der Waals surface area contributed by atoms with Crippen molar-refractivity contribution in [2.75, 3.05) is 26.2 Å². The Kier molecular flexibility index (Phi) is 5.64. The minimum absolute atomic E-state index is 0. The van der Waals surface area contributed by atoms with Crippen molar-refractivity contribution in [2.24, 2.45) is 0 Å². The second-order valence-electron chi connectivity index (χ2n) is 6.20. The summed E-state index contributed by atoms with van der Waals surface area (Å²) >= 11 is 0. The Bertz CT molecular complexity index is 529.